The zero-order valence-electron chi connectivity index (χ0n) is 12.3. The molecule has 128 valence electrons. The first-order valence-corrected chi connectivity index (χ1v) is 6.68. The number of aryl methyl sites for hydroxylation is 2. The maximum Gasteiger partial charge on any atom is 0.418 e. The molecule has 0 aliphatic carbocycles. The molecule has 4 nitrogen and oxygen atoms in total. The van der Waals surface area contributed by atoms with Gasteiger partial charge in [0, 0.05) is 5.69 Å². The van der Waals surface area contributed by atoms with E-state index in [1.54, 1.807) is 13.8 Å². The van der Waals surface area contributed by atoms with Gasteiger partial charge in [-0.05, 0) is 26.0 Å². The zero-order chi connectivity index (χ0) is 17.9. The van der Waals surface area contributed by atoms with Gasteiger partial charge in [0.2, 0.25) is 0 Å². The lowest BCUT2D eigenvalue weighted by Gasteiger charge is -2.11. The van der Waals surface area contributed by atoms with Crippen LogP contribution in [0.2, 0.25) is 0 Å². The molecule has 0 saturated carbocycles. The summed E-state index contributed by atoms with van der Waals surface area (Å²) in [6.45, 7) is 3.24. The van der Waals surface area contributed by atoms with Gasteiger partial charge in [0.1, 0.15) is 11.3 Å². The molecule has 0 atom stereocenters. The Labute approximate surface area is 130 Å². The highest BCUT2D eigenvalue weighted by molar-refractivity contribution is 5.84. The van der Waals surface area contributed by atoms with Crippen molar-refractivity contribution in [2.24, 2.45) is 0 Å². The fourth-order valence-electron chi connectivity index (χ4n) is 2.52. The Hall–Kier alpha value is -2.52. The number of aromatic amines is 2. The number of nitrogens with one attached hydrogen (secondary N) is 2. The highest BCUT2D eigenvalue weighted by Crippen LogP contribution is 2.40. The normalized spacial score (nSPS) is 13.0. The number of hydrogen-bond donors (Lipinski definition) is 2. The standard InChI is InChI=1S/C14H10F6N4/c1-5-10(6(2)24-23-5)12-21-9-4-7(13(15,16)17)3-8(11(9)22-12)14(18,19)20/h3-4H,1-2H3,(H,21,22)(H,23,24). The lowest BCUT2D eigenvalue weighted by Crippen LogP contribution is -2.11. The molecular formula is C14H10F6N4. The minimum absolute atomic E-state index is 0.0265. The van der Waals surface area contributed by atoms with E-state index in [0.29, 0.717) is 23.0 Å². The predicted octanol–water partition coefficient (Wildman–Crippen LogP) is 4.61. The first-order valence-electron chi connectivity index (χ1n) is 6.68. The molecule has 1 aromatic carbocycles. The van der Waals surface area contributed by atoms with Crippen LogP contribution in [0.25, 0.3) is 22.4 Å². The summed E-state index contributed by atoms with van der Waals surface area (Å²) >= 11 is 0. The van der Waals surface area contributed by atoms with E-state index in [1.807, 2.05) is 0 Å². The van der Waals surface area contributed by atoms with Gasteiger partial charge in [-0.1, -0.05) is 0 Å². The summed E-state index contributed by atoms with van der Waals surface area (Å²) in [5.41, 5.74) is -2.30. The number of rotatable bonds is 1. The summed E-state index contributed by atoms with van der Waals surface area (Å²) in [5.74, 6) is 0.0265. The van der Waals surface area contributed by atoms with E-state index >= 15 is 0 Å². The fraction of sp³-hybridized carbons (Fsp3) is 0.286. The van der Waals surface area contributed by atoms with Gasteiger partial charge in [0.15, 0.2) is 0 Å². The third-order valence-corrected chi connectivity index (χ3v) is 3.58. The van der Waals surface area contributed by atoms with Gasteiger partial charge in [0.05, 0.1) is 27.9 Å². The highest BCUT2D eigenvalue weighted by Gasteiger charge is 2.39. The van der Waals surface area contributed by atoms with Crippen molar-refractivity contribution in [2.75, 3.05) is 0 Å². The monoisotopic (exact) mass is 348 g/mol. The number of aromatic nitrogens is 4. The topological polar surface area (TPSA) is 57.4 Å². The molecule has 10 heteroatoms. The number of fused-ring (bicyclic) bond motifs is 1. The summed E-state index contributed by atoms with van der Waals surface area (Å²) in [6, 6.07) is 0.688. The summed E-state index contributed by atoms with van der Waals surface area (Å²) < 4.78 is 78.1. The molecule has 0 unspecified atom stereocenters. The minimum atomic E-state index is -4.97. The Morgan fingerprint density at radius 1 is 0.958 bits per heavy atom. The molecule has 2 heterocycles. The van der Waals surface area contributed by atoms with Gasteiger partial charge in [0.25, 0.3) is 0 Å². The van der Waals surface area contributed by atoms with E-state index < -0.39 is 29.0 Å². The Balaban J connectivity index is 2.33. The molecule has 0 amide bonds. The number of alkyl halides is 6. The Bertz CT molecular complexity index is 896. The molecule has 0 radical (unpaired) electrons. The number of hydrogen-bond acceptors (Lipinski definition) is 2. The Morgan fingerprint density at radius 2 is 1.62 bits per heavy atom. The van der Waals surface area contributed by atoms with E-state index in [2.05, 4.69) is 20.2 Å². The summed E-state index contributed by atoms with van der Waals surface area (Å²) in [4.78, 5) is 6.40. The van der Waals surface area contributed by atoms with Crippen LogP contribution in [-0.2, 0) is 12.4 Å². The van der Waals surface area contributed by atoms with Crippen LogP contribution in [0.5, 0.6) is 0 Å². The second-order valence-corrected chi connectivity index (χ2v) is 5.31. The summed E-state index contributed by atoms with van der Waals surface area (Å²) in [5, 5.41) is 6.55. The molecule has 0 aliphatic heterocycles. The lowest BCUT2D eigenvalue weighted by molar-refractivity contribution is -0.142. The Morgan fingerprint density at radius 3 is 2.12 bits per heavy atom. The molecular weight excluding hydrogens is 338 g/mol. The average molecular weight is 348 g/mol. The van der Waals surface area contributed by atoms with E-state index in [4.69, 9.17) is 0 Å². The van der Waals surface area contributed by atoms with E-state index in [0.717, 1.165) is 0 Å². The molecule has 0 aliphatic rings. The molecule has 0 saturated heterocycles. The number of imidazole rings is 1. The number of nitrogens with zero attached hydrogens (tertiary/aromatic N) is 2. The van der Waals surface area contributed by atoms with Crippen molar-refractivity contribution in [3.05, 3.63) is 34.6 Å². The molecule has 3 aromatic rings. The molecule has 2 aromatic heterocycles. The van der Waals surface area contributed by atoms with Crippen LogP contribution in [0.4, 0.5) is 26.3 Å². The second-order valence-electron chi connectivity index (χ2n) is 5.31. The van der Waals surface area contributed by atoms with Gasteiger partial charge in [-0.25, -0.2) is 4.98 Å². The summed E-state index contributed by atoms with van der Waals surface area (Å²) in [6.07, 6.45) is -9.87. The van der Waals surface area contributed by atoms with E-state index in [9.17, 15) is 26.3 Å². The van der Waals surface area contributed by atoms with Crippen molar-refractivity contribution in [1.82, 2.24) is 20.2 Å². The number of benzene rings is 1. The van der Waals surface area contributed by atoms with Crippen molar-refractivity contribution < 1.29 is 26.3 Å². The van der Waals surface area contributed by atoms with Crippen molar-refractivity contribution in [3.8, 4) is 11.4 Å². The van der Waals surface area contributed by atoms with Crippen LogP contribution >= 0.6 is 0 Å². The maximum atomic E-state index is 13.2. The van der Waals surface area contributed by atoms with Crippen molar-refractivity contribution in [3.63, 3.8) is 0 Å². The van der Waals surface area contributed by atoms with Crippen molar-refractivity contribution in [2.45, 2.75) is 26.2 Å². The van der Waals surface area contributed by atoms with E-state index in [-0.39, 0.29) is 17.4 Å². The lowest BCUT2D eigenvalue weighted by atomic mass is 10.1. The second kappa shape index (κ2) is 4.99. The smallest absolute Gasteiger partial charge is 0.338 e. The van der Waals surface area contributed by atoms with Gasteiger partial charge in [-0.15, -0.1) is 0 Å². The van der Waals surface area contributed by atoms with Crippen LogP contribution in [0, 0.1) is 13.8 Å². The molecule has 0 fully saturated rings. The fourth-order valence-corrected chi connectivity index (χ4v) is 2.52. The van der Waals surface area contributed by atoms with Crippen LogP contribution in [0.1, 0.15) is 22.5 Å². The highest BCUT2D eigenvalue weighted by atomic mass is 19.4. The molecule has 0 spiro atoms. The molecule has 0 bridgehead atoms. The quantitative estimate of drug-likeness (QED) is 0.631. The number of halogens is 6. The van der Waals surface area contributed by atoms with Crippen LogP contribution in [0.3, 0.4) is 0 Å². The third kappa shape index (κ3) is 2.61. The van der Waals surface area contributed by atoms with Crippen LogP contribution in [0.15, 0.2) is 12.1 Å². The minimum Gasteiger partial charge on any atom is -0.338 e. The predicted molar refractivity (Wildman–Crippen MR) is 73.2 cm³/mol. The van der Waals surface area contributed by atoms with Crippen molar-refractivity contribution >= 4 is 11.0 Å². The molecule has 2 N–H and O–H groups in total. The molecule has 3 rings (SSSR count). The third-order valence-electron chi connectivity index (χ3n) is 3.58. The first kappa shape index (κ1) is 16.3. The zero-order valence-corrected chi connectivity index (χ0v) is 12.3. The Kier molecular flexibility index (Phi) is 3.40. The van der Waals surface area contributed by atoms with Crippen LogP contribution < -0.4 is 0 Å². The van der Waals surface area contributed by atoms with Crippen molar-refractivity contribution in [1.29, 1.82) is 0 Å². The van der Waals surface area contributed by atoms with Gasteiger partial charge >= 0.3 is 12.4 Å². The first-order chi connectivity index (χ1) is 11.0. The van der Waals surface area contributed by atoms with Gasteiger partial charge in [-0.3, -0.25) is 5.10 Å². The molecule has 24 heavy (non-hydrogen) atoms. The number of H-pyrrole nitrogens is 2. The van der Waals surface area contributed by atoms with Crippen LogP contribution in [-0.4, -0.2) is 20.2 Å². The van der Waals surface area contributed by atoms with Gasteiger partial charge < -0.3 is 4.98 Å². The SMILES string of the molecule is Cc1n[nH]c(C)c1-c1nc2c(C(F)(F)F)cc(C(F)(F)F)cc2[nH]1. The summed E-state index contributed by atoms with van der Waals surface area (Å²) in [7, 11) is 0. The maximum absolute atomic E-state index is 13.2. The van der Waals surface area contributed by atoms with Gasteiger partial charge in [-0.2, -0.15) is 31.4 Å². The largest absolute Gasteiger partial charge is 0.418 e. The average Bonchev–Trinajstić information content (AvgIpc) is 2.98. The van der Waals surface area contributed by atoms with E-state index in [1.165, 1.54) is 0 Å².